The van der Waals surface area contributed by atoms with Crippen LogP contribution in [0.2, 0.25) is 5.02 Å². The number of thiophene rings is 1. The highest BCUT2D eigenvalue weighted by Gasteiger charge is 2.54. The summed E-state index contributed by atoms with van der Waals surface area (Å²) in [5.41, 5.74) is 9.79. The second-order valence-corrected chi connectivity index (χ2v) is 14.2. The minimum absolute atomic E-state index is 0.0216. The van der Waals surface area contributed by atoms with Crippen molar-refractivity contribution in [3.05, 3.63) is 97.4 Å². The van der Waals surface area contributed by atoms with E-state index in [0.29, 0.717) is 42.6 Å². The first-order valence-electron chi connectivity index (χ1n) is 15.5. The Labute approximate surface area is 286 Å². The lowest BCUT2D eigenvalue weighted by Crippen LogP contribution is -2.73. The highest BCUT2D eigenvalue weighted by molar-refractivity contribution is 7.15. The molecule has 0 unspecified atom stereocenters. The molecule has 0 saturated carbocycles. The number of halogens is 1. The van der Waals surface area contributed by atoms with Crippen molar-refractivity contribution >= 4 is 46.4 Å². The van der Waals surface area contributed by atoms with Crippen LogP contribution in [0.25, 0.3) is 5.00 Å². The first-order valence-corrected chi connectivity index (χ1v) is 16.7. The average Bonchev–Trinajstić information content (AvgIpc) is 3.50. The zero-order valence-corrected chi connectivity index (χ0v) is 28.2. The number of aromatic carboxylic acids is 1. The molecule has 2 aromatic carbocycles. The Morgan fingerprint density at radius 3 is 2.44 bits per heavy atom. The predicted octanol–water partition coefficient (Wildman–Crippen LogP) is 4.18. The van der Waals surface area contributed by atoms with Crippen molar-refractivity contribution in [1.82, 2.24) is 24.6 Å². The minimum atomic E-state index is -1.12. The van der Waals surface area contributed by atoms with Gasteiger partial charge in [-0.25, -0.2) is 4.79 Å². The Morgan fingerprint density at radius 1 is 1.04 bits per heavy atom. The fraction of sp³-hybridized carbons (Fsp3) is 0.314. The van der Waals surface area contributed by atoms with Crippen molar-refractivity contribution in [3.63, 3.8) is 0 Å². The monoisotopic (exact) mass is 681 g/mol. The largest absolute Gasteiger partial charge is 0.478 e. The minimum Gasteiger partial charge on any atom is -0.478 e. The Morgan fingerprint density at radius 2 is 1.75 bits per heavy atom. The highest BCUT2D eigenvalue weighted by Crippen LogP contribution is 2.43. The van der Waals surface area contributed by atoms with Crippen LogP contribution in [0.3, 0.4) is 0 Å². The molecule has 1 spiro atoms. The fourth-order valence-corrected chi connectivity index (χ4v) is 8.11. The molecule has 0 radical (unpaired) electrons. The van der Waals surface area contributed by atoms with E-state index in [1.165, 1.54) is 23.1 Å². The van der Waals surface area contributed by atoms with Crippen LogP contribution in [0.1, 0.15) is 72.0 Å². The van der Waals surface area contributed by atoms with Gasteiger partial charge in [-0.2, -0.15) is 0 Å². The van der Waals surface area contributed by atoms with E-state index in [1.54, 1.807) is 16.2 Å². The van der Waals surface area contributed by atoms with E-state index < -0.39 is 12.0 Å². The molecule has 2 aromatic heterocycles. The molecule has 13 heteroatoms. The van der Waals surface area contributed by atoms with Crippen molar-refractivity contribution < 1.29 is 19.5 Å². The van der Waals surface area contributed by atoms with Gasteiger partial charge in [0.15, 0.2) is 5.82 Å². The molecule has 244 valence electrons. The first-order chi connectivity index (χ1) is 23.0. The number of carboxylic acids is 1. The fourth-order valence-electron chi connectivity index (χ4n) is 6.77. The van der Waals surface area contributed by atoms with E-state index in [2.05, 4.69) is 35.9 Å². The number of likely N-dealkylation sites (tertiary alicyclic amines) is 2. The molecule has 0 aliphatic carbocycles. The van der Waals surface area contributed by atoms with E-state index in [4.69, 9.17) is 22.3 Å². The number of carbonyl (C=O) groups excluding carboxylic acids is 2. The van der Waals surface area contributed by atoms with Crippen LogP contribution in [0.4, 0.5) is 0 Å². The zero-order valence-electron chi connectivity index (χ0n) is 26.6. The SMILES string of the molecule is Cc1sc2c(c1C)C(c1ccc(Cl)cc1)=N[C@@H](CC(=O)N1CC3(C1)CN(C(=O)c1ccc(C(=O)O)c(C#CCN)c1)C3)c1nnc(C)n1-2. The number of carbonyl (C=O) groups is 3. The number of aromatic nitrogens is 3. The number of fused-ring (bicyclic) bond motifs is 3. The smallest absolute Gasteiger partial charge is 0.336 e. The van der Waals surface area contributed by atoms with Crippen LogP contribution in [-0.2, 0) is 4.79 Å². The van der Waals surface area contributed by atoms with Gasteiger partial charge in [-0.15, -0.1) is 21.5 Å². The van der Waals surface area contributed by atoms with Gasteiger partial charge in [-0.3, -0.25) is 19.1 Å². The molecule has 2 fully saturated rings. The second kappa shape index (κ2) is 12.0. The highest BCUT2D eigenvalue weighted by atomic mass is 35.5. The summed E-state index contributed by atoms with van der Waals surface area (Å²) in [6, 6.07) is 11.4. The molecule has 3 N–H and O–H groups in total. The van der Waals surface area contributed by atoms with Crippen molar-refractivity contribution in [2.45, 2.75) is 33.2 Å². The van der Waals surface area contributed by atoms with Crippen LogP contribution in [-0.4, -0.2) is 85.9 Å². The van der Waals surface area contributed by atoms with Crippen molar-refractivity contribution in [1.29, 1.82) is 0 Å². The molecule has 5 heterocycles. The molecule has 3 aliphatic heterocycles. The third-order valence-electron chi connectivity index (χ3n) is 9.29. The molecule has 3 aliphatic rings. The van der Waals surface area contributed by atoms with Crippen molar-refractivity contribution in [2.75, 3.05) is 32.7 Å². The van der Waals surface area contributed by atoms with Gasteiger partial charge >= 0.3 is 5.97 Å². The molecule has 7 rings (SSSR count). The number of nitrogens with two attached hydrogens (primary N) is 1. The van der Waals surface area contributed by atoms with Crippen LogP contribution < -0.4 is 5.73 Å². The predicted molar refractivity (Wildman–Crippen MR) is 182 cm³/mol. The molecule has 0 bridgehead atoms. The van der Waals surface area contributed by atoms with Gasteiger partial charge in [0, 0.05) is 63.7 Å². The molecule has 2 saturated heterocycles. The van der Waals surface area contributed by atoms with E-state index in [0.717, 1.165) is 33.2 Å². The van der Waals surface area contributed by atoms with Crippen LogP contribution in [0.15, 0.2) is 47.5 Å². The molecule has 11 nitrogen and oxygen atoms in total. The number of hydrogen-bond acceptors (Lipinski definition) is 8. The third kappa shape index (κ3) is 5.38. The molecular formula is C35H32ClN7O4S. The number of benzene rings is 2. The number of rotatable bonds is 5. The number of aliphatic imine (C=N–C) groups is 1. The Bertz CT molecular complexity index is 2090. The lowest BCUT2D eigenvalue weighted by molar-refractivity contribution is -0.155. The van der Waals surface area contributed by atoms with Gasteiger partial charge in [0.2, 0.25) is 5.91 Å². The molecule has 1 atom stereocenters. The Hall–Kier alpha value is -4.83. The van der Waals surface area contributed by atoms with E-state index >= 15 is 0 Å². The van der Waals surface area contributed by atoms with Gasteiger partial charge in [0.05, 0.1) is 24.2 Å². The van der Waals surface area contributed by atoms with Crippen LogP contribution in [0, 0.1) is 38.0 Å². The number of hydrogen-bond donors (Lipinski definition) is 2. The normalized spacial score (nSPS) is 17.3. The Balaban J connectivity index is 1.08. The summed E-state index contributed by atoms with van der Waals surface area (Å²) in [5, 5.41) is 20.0. The topological polar surface area (TPSA) is 147 Å². The second-order valence-electron chi connectivity index (χ2n) is 12.6. The molecule has 2 amide bonds. The summed E-state index contributed by atoms with van der Waals surface area (Å²) < 4.78 is 2.04. The average molecular weight is 682 g/mol. The Kier molecular flexibility index (Phi) is 7.94. The number of carboxylic acid groups (broad SMARTS) is 1. The summed E-state index contributed by atoms with van der Waals surface area (Å²) in [6.45, 7) is 8.27. The van der Waals surface area contributed by atoms with E-state index in [1.807, 2.05) is 40.7 Å². The van der Waals surface area contributed by atoms with E-state index in [9.17, 15) is 19.5 Å². The summed E-state index contributed by atoms with van der Waals surface area (Å²) in [6.07, 6.45) is 0.128. The standard InChI is InChI=1S/C35H32ClN7O4S/c1-19-20(2)48-33-29(19)30(22-6-9-25(36)10-7-22)38-27(31-40-39-21(3)43(31)33)14-28(44)41-15-35(16-41)17-42(18-35)32(45)24-8-11-26(34(46)47)23(13-24)5-4-12-37/h6-11,13,27H,12,14-18,37H2,1-3H3,(H,46,47)/t27-/m0/s1. The summed E-state index contributed by atoms with van der Waals surface area (Å²) >= 11 is 7.89. The maximum atomic E-state index is 13.8. The number of nitrogens with zero attached hydrogens (tertiary/aromatic N) is 6. The van der Waals surface area contributed by atoms with Gasteiger partial charge in [-0.05, 0) is 56.7 Å². The molecule has 4 aromatic rings. The maximum absolute atomic E-state index is 13.8. The summed E-state index contributed by atoms with van der Waals surface area (Å²) in [5.74, 6) is 5.42. The maximum Gasteiger partial charge on any atom is 0.336 e. The third-order valence-corrected chi connectivity index (χ3v) is 10.7. The van der Waals surface area contributed by atoms with Crippen LogP contribution in [0.5, 0.6) is 0 Å². The molecule has 48 heavy (non-hydrogen) atoms. The number of aryl methyl sites for hydroxylation is 2. The van der Waals surface area contributed by atoms with E-state index in [-0.39, 0.29) is 41.3 Å². The quantitative estimate of drug-likeness (QED) is 0.301. The van der Waals surface area contributed by atoms with Gasteiger partial charge in [0.1, 0.15) is 16.9 Å². The molecular weight excluding hydrogens is 650 g/mol. The van der Waals surface area contributed by atoms with Crippen molar-refractivity contribution in [3.8, 4) is 16.8 Å². The summed E-state index contributed by atoms with van der Waals surface area (Å²) in [4.78, 5) is 48.5. The lowest BCUT2D eigenvalue weighted by atomic mass is 9.72. The number of amides is 2. The zero-order chi connectivity index (χ0) is 33.9. The lowest BCUT2D eigenvalue weighted by Gasteiger charge is -2.60. The van der Waals surface area contributed by atoms with Crippen molar-refractivity contribution in [2.24, 2.45) is 16.1 Å². The first kappa shape index (κ1) is 31.8. The summed E-state index contributed by atoms with van der Waals surface area (Å²) in [7, 11) is 0. The van der Waals surface area contributed by atoms with Crippen LogP contribution >= 0.6 is 22.9 Å². The van der Waals surface area contributed by atoms with Gasteiger partial charge in [0.25, 0.3) is 5.91 Å². The van der Waals surface area contributed by atoms with Gasteiger partial charge < -0.3 is 20.6 Å². The van der Waals surface area contributed by atoms with Gasteiger partial charge in [-0.1, -0.05) is 35.6 Å².